The molecule has 0 saturated heterocycles. The summed E-state index contributed by atoms with van der Waals surface area (Å²) in [7, 11) is 3.04. The lowest BCUT2D eigenvalue weighted by atomic mass is 10.3. The highest BCUT2D eigenvalue weighted by Gasteiger charge is 2.20. The molecule has 3 aromatic rings. The van der Waals surface area contributed by atoms with Crippen molar-refractivity contribution in [2.45, 2.75) is 26.4 Å². The van der Waals surface area contributed by atoms with Crippen molar-refractivity contribution in [2.75, 3.05) is 0 Å². The topological polar surface area (TPSA) is 90.9 Å². The Morgan fingerprint density at radius 2 is 1.96 bits per heavy atom. The maximum absolute atomic E-state index is 12.7. The summed E-state index contributed by atoms with van der Waals surface area (Å²) in [6, 6.07) is 7.03. The van der Waals surface area contributed by atoms with Gasteiger partial charge in [0, 0.05) is 26.8 Å². The summed E-state index contributed by atoms with van der Waals surface area (Å²) in [5, 5.41) is 3.18. The first-order chi connectivity index (χ1) is 12.5. The van der Waals surface area contributed by atoms with Crippen LogP contribution < -0.4 is 16.6 Å². The number of hydrogen-bond acceptors (Lipinski definition) is 4. The van der Waals surface area contributed by atoms with Gasteiger partial charge in [-0.1, -0.05) is 13.0 Å². The van der Waals surface area contributed by atoms with Crippen molar-refractivity contribution < 1.29 is 4.79 Å². The highest BCUT2D eigenvalue weighted by atomic mass is 16.2. The molecule has 0 aliphatic carbocycles. The Kier molecular flexibility index (Phi) is 4.75. The maximum atomic E-state index is 12.7. The van der Waals surface area contributed by atoms with Gasteiger partial charge in [-0.2, -0.15) is 0 Å². The Morgan fingerprint density at radius 3 is 2.62 bits per heavy atom. The molecule has 3 rings (SSSR count). The Morgan fingerprint density at radius 1 is 1.19 bits per heavy atom. The van der Waals surface area contributed by atoms with Crippen molar-refractivity contribution in [1.29, 1.82) is 0 Å². The van der Waals surface area contributed by atoms with Gasteiger partial charge in [0.05, 0.1) is 17.6 Å². The molecule has 0 aromatic carbocycles. The minimum Gasteiger partial charge on any atom is -0.345 e. The van der Waals surface area contributed by atoms with Crippen LogP contribution in [0.15, 0.2) is 40.1 Å². The van der Waals surface area contributed by atoms with Gasteiger partial charge in [-0.25, -0.2) is 4.79 Å². The van der Waals surface area contributed by atoms with Crippen molar-refractivity contribution in [3.8, 4) is 0 Å². The molecule has 8 nitrogen and oxygen atoms in total. The van der Waals surface area contributed by atoms with Gasteiger partial charge in [0.25, 0.3) is 11.5 Å². The molecule has 26 heavy (non-hydrogen) atoms. The van der Waals surface area contributed by atoms with Crippen LogP contribution in [0.4, 0.5) is 0 Å². The number of amides is 1. The molecule has 3 aromatic heterocycles. The lowest BCUT2D eigenvalue weighted by Crippen LogP contribution is -2.37. The predicted octanol–water partition coefficient (Wildman–Crippen LogP) is 0.774. The number of carbonyl (C=O) groups is 1. The molecule has 8 heteroatoms. The third-order valence-corrected chi connectivity index (χ3v) is 4.33. The third kappa shape index (κ3) is 2.94. The van der Waals surface area contributed by atoms with Crippen molar-refractivity contribution in [1.82, 2.24) is 24.0 Å². The first kappa shape index (κ1) is 17.7. The van der Waals surface area contributed by atoms with E-state index in [0.717, 1.165) is 16.7 Å². The molecule has 0 bridgehead atoms. The number of rotatable bonds is 5. The lowest BCUT2D eigenvalue weighted by Gasteiger charge is -2.12. The van der Waals surface area contributed by atoms with E-state index in [-0.39, 0.29) is 12.5 Å². The molecule has 0 radical (unpaired) electrons. The minimum atomic E-state index is -0.418. The van der Waals surface area contributed by atoms with Crippen LogP contribution in [0.2, 0.25) is 0 Å². The first-order valence-electron chi connectivity index (χ1n) is 8.43. The largest absolute Gasteiger partial charge is 0.345 e. The van der Waals surface area contributed by atoms with Crippen LogP contribution in [0, 0.1) is 0 Å². The Bertz CT molecular complexity index is 1080. The monoisotopic (exact) mass is 355 g/mol. The molecule has 0 saturated carbocycles. The third-order valence-electron chi connectivity index (χ3n) is 4.33. The second-order valence-corrected chi connectivity index (χ2v) is 6.13. The maximum Gasteiger partial charge on any atom is 0.332 e. The highest BCUT2D eigenvalue weighted by Crippen LogP contribution is 2.16. The number of aromatic nitrogens is 4. The predicted molar refractivity (Wildman–Crippen MR) is 98.1 cm³/mol. The van der Waals surface area contributed by atoms with Gasteiger partial charge in [0.2, 0.25) is 0 Å². The molecule has 136 valence electrons. The molecule has 0 aliphatic rings. The van der Waals surface area contributed by atoms with Crippen LogP contribution in [0.3, 0.4) is 0 Å². The van der Waals surface area contributed by atoms with E-state index in [1.54, 1.807) is 29.9 Å². The lowest BCUT2D eigenvalue weighted by molar-refractivity contribution is 0.0941. The van der Waals surface area contributed by atoms with Gasteiger partial charge < -0.3 is 9.88 Å². The summed E-state index contributed by atoms with van der Waals surface area (Å²) in [5.74, 6) is -0.310. The average Bonchev–Trinajstić information content (AvgIpc) is 3.03. The average molecular weight is 355 g/mol. The zero-order valence-electron chi connectivity index (χ0n) is 15.0. The fourth-order valence-corrected chi connectivity index (χ4v) is 3.04. The summed E-state index contributed by atoms with van der Waals surface area (Å²) in [5.41, 5.74) is 0.733. The van der Waals surface area contributed by atoms with Gasteiger partial charge in [0.15, 0.2) is 0 Å². The van der Waals surface area contributed by atoms with E-state index in [9.17, 15) is 14.4 Å². The van der Waals surface area contributed by atoms with Crippen LogP contribution in [0.25, 0.3) is 11.0 Å². The minimum absolute atomic E-state index is 0.282. The van der Waals surface area contributed by atoms with Crippen LogP contribution in [-0.4, -0.2) is 24.6 Å². The highest BCUT2D eigenvalue weighted by molar-refractivity contribution is 5.97. The molecule has 0 spiro atoms. The molecular weight excluding hydrogens is 334 g/mol. The van der Waals surface area contributed by atoms with E-state index in [1.165, 1.54) is 11.6 Å². The summed E-state index contributed by atoms with van der Waals surface area (Å²) in [6.07, 6.45) is 2.42. The first-order valence-corrected chi connectivity index (χ1v) is 8.43. The molecule has 0 unspecified atom stereocenters. The van der Waals surface area contributed by atoms with E-state index in [1.807, 2.05) is 19.1 Å². The smallest absolute Gasteiger partial charge is 0.332 e. The number of pyridine rings is 1. The van der Waals surface area contributed by atoms with Crippen molar-refractivity contribution in [3.63, 3.8) is 0 Å². The van der Waals surface area contributed by atoms with E-state index < -0.39 is 11.2 Å². The SMILES string of the molecule is CCCn1c(C(=O)NCc2ccccn2)cc2c(=O)n(C)c(=O)n(C)c21. The number of nitrogens with zero attached hydrogens (tertiary/aromatic N) is 4. The van der Waals surface area contributed by atoms with Crippen molar-refractivity contribution >= 4 is 16.9 Å². The van der Waals surface area contributed by atoms with Gasteiger partial charge >= 0.3 is 5.69 Å². The summed E-state index contributed by atoms with van der Waals surface area (Å²) in [4.78, 5) is 41.6. The van der Waals surface area contributed by atoms with Crippen molar-refractivity contribution in [3.05, 3.63) is 62.7 Å². The molecule has 0 atom stereocenters. The standard InChI is InChI=1S/C18H21N5O3/c1-4-9-23-14(15(24)20-11-12-7-5-6-8-19-12)10-13-16(23)21(2)18(26)22(3)17(13)25/h5-8,10H,4,9,11H2,1-3H3,(H,20,24). The van der Waals surface area contributed by atoms with Crippen molar-refractivity contribution in [2.24, 2.45) is 14.1 Å². The van der Waals surface area contributed by atoms with Crippen LogP contribution >= 0.6 is 0 Å². The molecule has 0 aliphatic heterocycles. The quantitative estimate of drug-likeness (QED) is 0.732. The Hall–Kier alpha value is -3.16. The van der Waals surface area contributed by atoms with Gasteiger partial charge in [-0.3, -0.25) is 23.7 Å². The second kappa shape index (κ2) is 6.99. The number of aryl methyl sites for hydroxylation is 2. The Balaban J connectivity index is 2.07. The zero-order valence-corrected chi connectivity index (χ0v) is 15.0. The van der Waals surface area contributed by atoms with Gasteiger partial charge in [-0.15, -0.1) is 0 Å². The normalized spacial score (nSPS) is 11.0. The molecule has 1 amide bonds. The van der Waals surface area contributed by atoms with E-state index >= 15 is 0 Å². The van der Waals surface area contributed by atoms with E-state index in [4.69, 9.17) is 0 Å². The molecule has 0 fully saturated rings. The van der Waals surface area contributed by atoms with Gasteiger partial charge in [-0.05, 0) is 24.6 Å². The number of hydrogen-bond donors (Lipinski definition) is 1. The zero-order chi connectivity index (χ0) is 18.8. The fourth-order valence-electron chi connectivity index (χ4n) is 3.04. The number of carbonyl (C=O) groups excluding carboxylic acids is 1. The fraction of sp³-hybridized carbons (Fsp3) is 0.333. The second-order valence-electron chi connectivity index (χ2n) is 6.13. The van der Waals surface area contributed by atoms with Crippen LogP contribution in [-0.2, 0) is 27.2 Å². The Labute approximate surface area is 149 Å². The summed E-state index contributed by atoms with van der Waals surface area (Å²) < 4.78 is 4.18. The van der Waals surface area contributed by atoms with E-state index in [0.29, 0.717) is 23.3 Å². The summed E-state index contributed by atoms with van der Waals surface area (Å²) >= 11 is 0. The molecule has 3 heterocycles. The van der Waals surface area contributed by atoms with E-state index in [2.05, 4.69) is 10.3 Å². The van der Waals surface area contributed by atoms with Gasteiger partial charge in [0.1, 0.15) is 11.3 Å². The number of fused-ring (bicyclic) bond motifs is 1. The summed E-state index contributed by atoms with van der Waals surface area (Å²) in [6.45, 7) is 2.78. The van der Waals surface area contributed by atoms with Crippen LogP contribution in [0.1, 0.15) is 29.5 Å². The van der Waals surface area contributed by atoms with Crippen LogP contribution in [0.5, 0.6) is 0 Å². The molecule has 1 N–H and O–H groups in total. The molecular formula is C18H21N5O3. The number of nitrogens with one attached hydrogen (secondary N) is 1.